The third-order valence-electron chi connectivity index (χ3n) is 12.4. The number of fused-ring (bicyclic) bond motifs is 5. The molecule has 3 aromatic heterocycles. The lowest BCUT2D eigenvalue weighted by atomic mass is 9.89. The summed E-state index contributed by atoms with van der Waals surface area (Å²) >= 11 is 0. The normalized spacial score (nSPS) is 14.9. The smallest absolute Gasteiger partial charge is 0.265 e. The van der Waals surface area contributed by atoms with Crippen molar-refractivity contribution in [2.45, 2.75) is 45.3 Å². The van der Waals surface area contributed by atoms with E-state index in [1.54, 1.807) is 47.4 Å². The number of pyridine rings is 2. The van der Waals surface area contributed by atoms with E-state index in [1.807, 2.05) is 78.8 Å². The number of methoxy groups -OCH3 is 1. The lowest BCUT2D eigenvalue weighted by molar-refractivity contribution is -0.131. The van der Waals surface area contributed by atoms with Gasteiger partial charge in [-0.2, -0.15) is 0 Å². The summed E-state index contributed by atoms with van der Waals surface area (Å²) in [5.74, 6) is -1.44. The quantitative estimate of drug-likeness (QED) is 0.141. The van der Waals surface area contributed by atoms with Crippen LogP contribution < -0.4 is 15.0 Å². The third-order valence-corrected chi connectivity index (χ3v) is 12.4. The molecule has 0 aliphatic carbocycles. The average Bonchev–Trinajstić information content (AvgIpc) is 3.63. The van der Waals surface area contributed by atoms with E-state index in [9.17, 15) is 9.59 Å². The molecule has 2 aliphatic rings. The van der Waals surface area contributed by atoms with Gasteiger partial charge in [0, 0.05) is 73.9 Å². The molecule has 5 heterocycles. The molecule has 2 aliphatic heterocycles. The van der Waals surface area contributed by atoms with Gasteiger partial charge in [0.2, 0.25) is 5.91 Å². The highest BCUT2D eigenvalue weighted by Crippen LogP contribution is 2.38. The van der Waals surface area contributed by atoms with Gasteiger partial charge >= 0.3 is 0 Å². The van der Waals surface area contributed by atoms with E-state index in [4.69, 9.17) is 9.47 Å². The van der Waals surface area contributed by atoms with Crippen LogP contribution in [-0.4, -0.2) is 87.6 Å². The number of ether oxygens (including phenoxy) is 2. The van der Waals surface area contributed by atoms with E-state index < -0.39 is 11.6 Å². The zero-order valence-corrected chi connectivity index (χ0v) is 36.0. The molecule has 0 saturated carbocycles. The Balaban J connectivity index is 1.14. The Hall–Kier alpha value is -6.86. The van der Waals surface area contributed by atoms with Crippen LogP contribution in [0.3, 0.4) is 0 Å². The molecular formula is C50H48F2N6O5. The summed E-state index contributed by atoms with van der Waals surface area (Å²) in [4.78, 5) is 53.8. The van der Waals surface area contributed by atoms with Gasteiger partial charge in [0.15, 0.2) is 5.82 Å². The minimum atomic E-state index is -0.709. The molecule has 0 N–H and O–H groups in total. The highest BCUT2D eigenvalue weighted by molar-refractivity contribution is 6.07. The van der Waals surface area contributed by atoms with Crippen molar-refractivity contribution in [2.75, 3.05) is 40.9 Å². The Bertz CT molecular complexity index is 3000. The third kappa shape index (κ3) is 7.71. The maximum absolute atomic E-state index is 15.4. The largest absolute Gasteiger partial charge is 0.492 e. The summed E-state index contributed by atoms with van der Waals surface area (Å²) in [6, 6.07) is 28.6. The van der Waals surface area contributed by atoms with Gasteiger partial charge in [0.25, 0.3) is 17.3 Å². The first kappa shape index (κ1) is 41.5. The molecule has 4 aromatic carbocycles. The molecule has 0 radical (unpaired) electrons. The monoisotopic (exact) mass is 850 g/mol. The molecule has 322 valence electrons. The topological polar surface area (TPSA) is 102 Å². The van der Waals surface area contributed by atoms with Crippen LogP contribution in [0.15, 0.2) is 102 Å². The zero-order valence-electron chi connectivity index (χ0n) is 36.0. The minimum Gasteiger partial charge on any atom is -0.492 e. The van der Waals surface area contributed by atoms with Crippen molar-refractivity contribution in [1.29, 1.82) is 0 Å². The molecule has 13 heteroatoms. The first-order valence-corrected chi connectivity index (χ1v) is 21.1. The second kappa shape index (κ2) is 16.8. The van der Waals surface area contributed by atoms with E-state index in [-0.39, 0.29) is 53.3 Å². The molecule has 0 fully saturated rings. The molecule has 1 atom stereocenters. The fourth-order valence-electron chi connectivity index (χ4n) is 9.02. The number of halogens is 2. The number of hydrogen-bond acceptors (Lipinski definition) is 7. The molecule has 11 nitrogen and oxygen atoms in total. The summed E-state index contributed by atoms with van der Waals surface area (Å²) in [5.41, 5.74) is 7.19. The molecular weight excluding hydrogens is 803 g/mol. The zero-order chi connectivity index (χ0) is 44.1. The van der Waals surface area contributed by atoms with E-state index in [1.165, 1.54) is 29.4 Å². The van der Waals surface area contributed by atoms with Crippen LogP contribution in [0.2, 0.25) is 0 Å². The van der Waals surface area contributed by atoms with Crippen LogP contribution in [-0.2, 0) is 44.2 Å². The Morgan fingerprint density at radius 3 is 2.38 bits per heavy atom. The SMILES string of the molecule is COc1nc2c3c(cc(-c4cc5c(cc4C(=O)N4Cc6ccccc6C[C@H]4C)CN(C(=O)Cc4ccc(OCCN(C)C)cc4F)CC5)n3C)c(=O)n(-c3ccccc3)c2cc1F. The number of para-hydroxylation sites is 1. The Morgan fingerprint density at radius 1 is 0.873 bits per heavy atom. The van der Waals surface area contributed by atoms with Crippen molar-refractivity contribution in [2.24, 2.45) is 7.05 Å². The summed E-state index contributed by atoms with van der Waals surface area (Å²) < 4.78 is 45.0. The standard InChI is InChI=1S/C50H48F2N6O5/c1-30-21-31-11-9-10-12-34(31)29-57(30)49(60)39-23-35-28-56(45(59)24-33-15-16-37(25-41(33)51)63-20-19-54(2)3)18-17-32(35)22-38(39)43-26-40-47(55(43)4)46-44(27-42(52)48(53-46)62-5)58(50(40)61)36-13-7-6-8-14-36/h6-16,22-23,25-27,30H,17-21,24,28-29H2,1-5H3/t30-/m1/s1. The van der Waals surface area contributed by atoms with Gasteiger partial charge in [-0.3, -0.25) is 19.0 Å². The molecule has 0 saturated heterocycles. The maximum atomic E-state index is 15.4. The summed E-state index contributed by atoms with van der Waals surface area (Å²) in [5, 5.41) is 0.332. The predicted molar refractivity (Wildman–Crippen MR) is 239 cm³/mol. The predicted octanol–water partition coefficient (Wildman–Crippen LogP) is 7.49. The van der Waals surface area contributed by atoms with Crippen LogP contribution in [0.1, 0.15) is 45.1 Å². The average molecular weight is 851 g/mol. The van der Waals surface area contributed by atoms with E-state index >= 15 is 13.6 Å². The molecule has 0 spiro atoms. The fourth-order valence-corrected chi connectivity index (χ4v) is 9.02. The number of rotatable bonds is 10. The molecule has 7 aromatic rings. The number of benzene rings is 4. The first-order valence-electron chi connectivity index (χ1n) is 21.1. The van der Waals surface area contributed by atoms with Crippen LogP contribution in [0.4, 0.5) is 8.78 Å². The van der Waals surface area contributed by atoms with Gasteiger partial charge in [-0.05, 0) is 98.1 Å². The second-order valence-electron chi connectivity index (χ2n) is 16.7. The van der Waals surface area contributed by atoms with Crippen molar-refractivity contribution < 1.29 is 27.8 Å². The van der Waals surface area contributed by atoms with Gasteiger partial charge in [0.05, 0.1) is 30.0 Å². The number of carbonyl (C=O) groups excluding carboxylic acids is 2. The highest BCUT2D eigenvalue weighted by atomic mass is 19.1. The summed E-state index contributed by atoms with van der Waals surface area (Å²) in [6.45, 7) is 4.18. The van der Waals surface area contributed by atoms with E-state index in [0.29, 0.717) is 83.8 Å². The van der Waals surface area contributed by atoms with Gasteiger partial charge in [-0.1, -0.05) is 48.5 Å². The van der Waals surface area contributed by atoms with Crippen molar-refractivity contribution in [1.82, 2.24) is 28.8 Å². The lowest BCUT2D eigenvalue weighted by Gasteiger charge is -2.36. The number of amides is 2. The van der Waals surface area contributed by atoms with Gasteiger partial charge in [-0.25, -0.2) is 13.8 Å². The van der Waals surface area contributed by atoms with Crippen molar-refractivity contribution >= 4 is 33.8 Å². The summed E-state index contributed by atoms with van der Waals surface area (Å²) in [7, 11) is 7.02. The van der Waals surface area contributed by atoms with Gasteiger partial charge in [0.1, 0.15) is 23.7 Å². The van der Waals surface area contributed by atoms with Crippen molar-refractivity contribution in [3.63, 3.8) is 0 Å². The molecule has 0 unspecified atom stereocenters. The number of nitrogens with zero attached hydrogens (tertiary/aromatic N) is 6. The second-order valence-corrected chi connectivity index (χ2v) is 16.7. The Kier molecular flexibility index (Phi) is 11.1. The minimum absolute atomic E-state index is 0.116. The summed E-state index contributed by atoms with van der Waals surface area (Å²) in [6.07, 6.45) is 1.05. The number of aromatic nitrogens is 3. The molecule has 0 bridgehead atoms. The highest BCUT2D eigenvalue weighted by Gasteiger charge is 2.32. The van der Waals surface area contributed by atoms with Crippen molar-refractivity contribution in [3.8, 4) is 28.6 Å². The van der Waals surface area contributed by atoms with Crippen LogP contribution in [0.5, 0.6) is 11.6 Å². The molecule has 2 amide bonds. The van der Waals surface area contributed by atoms with Crippen LogP contribution >= 0.6 is 0 Å². The fraction of sp³-hybridized carbons (Fsp3) is 0.280. The van der Waals surface area contributed by atoms with Gasteiger partial charge in [-0.15, -0.1) is 0 Å². The number of hydrogen-bond donors (Lipinski definition) is 0. The first-order chi connectivity index (χ1) is 30.4. The Labute approximate surface area is 363 Å². The number of likely N-dealkylation sites (N-methyl/N-ethyl adjacent to an activating group) is 1. The van der Waals surface area contributed by atoms with E-state index in [2.05, 4.69) is 11.1 Å². The number of aryl methyl sites for hydroxylation is 1. The van der Waals surface area contributed by atoms with E-state index in [0.717, 1.165) is 16.7 Å². The van der Waals surface area contributed by atoms with Gasteiger partial charge < -0.3 is 28.7 Å². The Morgan fingerprint density at radius 2 is 1.63 bits per heavy atom. The van der Waals surface area contributed by atoms with Crippen molar-refractivity contribution in [3.05, 3.63) is 152 Å². The van der Waals surface area contributed by atoms with Crippen LogP contribution in [0, 0.1) is 11.6 Å². The molecule has 63 heavy (non-hydrogen) atoms. The lowest BCUT2D eigenvalue weighted by Crippen LogP contribution is -2.43. The number of carbonyl (C=O) groups is 2. The maximum Gasteiger partial charge on any atom is 0.265 e. The molecule has 9 rings (SSSR count). The van der Waals surface area contributed by atoms with Crippen LogP contribution in [0.25, 0.3) is 38.9 Å².